The van der Waals surface area contributed by atoms with Crippen LogP contribution in [0.3, 0.4) is 0 Å². The van der Waals surface area contributed by atoms with Gasteiger partial charge in [-0.1, -0.05) is 26.0 Å². The minimum Gasteiger partial charge on any atom is -0.451 e. The Morgan fingerprint density at radius 2 is 1.93 bits per heavy atom. The zero-order chi connectivity index (χ0) is 20.2. The van der Waals surface area contributed by atoms with Crippen molar-refractivity contribution in [1.29, 1.82) is 0 Å². The Morgan fingerprint density at radius 3 is 2.48 bits per heavy atom. The molecule has 1 aromatic rings. The molecule has 0 aromatic heterocycles. The SMILES string of the molecule is CCC1(CC)NC(=O)N(CC(=O)O[C@@H](C)C(=O)Nc2cccc(C)c2)C1=O. The van der Waals surface area contributed by atoms with Crippen molar-refractivity contribution in [3.8, 4) is 0 Å². The van der Waals surface area contributed by atoms with E-state index in [1.807, 2.05) is 13.0 Å². The first-order valence-electron chi connectivity index (χ1n) is 8.93. The number of aryl methyl sites for hydroxylation is 1. The van der Waals surface area contributed by atoms with Crippen molar-refractivity contribution in [2.24, 2.45) is 0 Å². The molecule has 1 fully saturated rings. The van der Waals surface area contributed by atoms with Gasteiger partial charge in [0.15, 0.2) is 6.10 Å². The highest BCUT2D eigenvalue weighted by Crippen LogP contribution is 2.24. The quantitative estimate of drug-likeness (QED) is 0.560. The lowest BCUT2D eigenvalue weighted by atomic mass is 9.93. The van der Waals surface area contributed by atoms with E-state index in [2.05, 4.69) is 10.6 Å². The molecule has 0 radical (unpaired) electrons. The highest BCUT2D eigenvalue weighted by Gasteiger charge is 2.49. The van der Waals surface area contributed by atoms with E-state index < -0.39 is 42.0 Å². The minimum absolute atomic E-state index is 0.426. The second-order valence-electron chi connectivity index (χ2n) is 6.60. The Balaban J connectivity index is 1.94. The molecular formula is C19H25N3O5. The zero-order valence-corrected chi connectivity index (χ0v) is 16.0. The second kappa shape index (κ2) is 8.20. The van der Waals surface area contributed by atoms with Crippen LogP contribution in [0.4, 0.5) is 10.5 Å². The summed E-state index contributed by atoms with van der Waals surface area (Å²) >= 11 is 0. The first-order chi connectivity index (χ1) is 12.7. The Kier molecular flexibility index (Phi) is 6.20. The molecule has 0 aliphatic carbocycles. The van der Waals surface area contributed by atoms with Crippen molar-refractivity contribution in [1.82, 2.24) is 10.2 Å². The Hall–Kier alpha value is -2.90. The zero-order valence-electron chi connectivity index (χ0n) is 16.0. The van der Waals surface area contributed by atoms with Crippen molar-refractivity contribution >= 4 is 29.5 Å². The molecule has 0 unspecified atom stereocenters. The summed E-state index contributed by atoms with van der Waals surface area (Å²) in [7, 11) is 0. The van der Waals surface area contributed by atoms with Gasteiger partial charge in [-0.25, -0.2) is 4.79 Å². The predicted molar refractivity (Wildman–Crippen MR) is 98.9 cm³/mol. The first kappa shape index (κ1) is 20.4. The number of rotatable bonds is 7. The predicted octanol–water partition coefficient (Wildman–Crippen LogP) is 1.98. The normalized spacial score (nSPS) is 16.7. The highest BCUT2D eigenvalue weighted by atomic mass is 16.5. The van der Waals surface area contributed by atoms with Crippen LogP contribution in [0.1, 0.15) is 39.2 Å². The van der Waals surface area contributed by atoms with Crippen molar-refractivity contribution in [2.45, 2.75) is 52.2 Å². The fourth-order valence-electron chi connectivity index (χ4n) is 2.93. The van der Waals surface area contributed by atoms with Crippen LogP contribution in [0.15, 0.2) is 24.3 Å². The summed E-state index contributed by atoms with van der Waals surface area (Å²) in [5, 5.41) is 5.29. The maximum absolute atomic E-state index is 12.5. The second-order valence-corrected chi connectivity index (χ2v) is 6.60. The van der Waals surface area contributed by atoms with Crippen LogP contribution in [0.2, 0.25) is 0 Å². The van der Waals surface area contributed by atoms with Crippen molar-refractivity contribution in [3.63, 3.8) is 0 Å². The van der Waals surface area contributed by atoms with Gasteiger partial charge in [-0.05, 0) is 44.4 Å². The topological polar surface area (TPSA) is 105 Å². The molecule has 0 saturated carbocycles. The molecular weight excluding hydrogens is 350 g/mol. The van der Waals surface area contributed by atoms with Crippen LogP contribution in [-0.2, 0) is 19.1 Å². The molecule has 8 heteroatoms. The molecule has 0 bridgehead atoms. The largest absolute Gasteiger partial charge is 0.451 e. The Labute approximate surface area is 158 Å². The van der Waals surface area contributed by atoms with Crippen LogP contribution in [0, 0.1) is 6.92 Å². The molecule has 0 spiro atoms. The Morgan fingerprint density at radius 1 is 1.26 bits per heavy atom. The van der Waals surface area contributed by atoms with E-state index in [1.165, 1.54) is 6.92 Å². The number of benzene rings is 1. The Bertz CT molecular complexity index is 757. The van der Waals surface area contributed by atoms with Gasteiger partial charge in [-0.15, -0.1) is 0 Å². The molecule has 2 rings (SSSR count). The van der Waals surface area contributed by atoms with E-state index in [4.69, 9.17) is 4.74 Å². The maximum Gasteiger partial charge on any atom is 0.327 e. The average molecular weight is 375 g/mol. The number of imide groups is 1. The van der Waals surface area contributed by atoms with Gasteiger partial charge in [-0.3, -0.25) is 19.3 Å². The summed E-state index contributed by atoms with van der Waals surface area (Å²) in [6, 6.07) is 6.57. The van der Waals surface area contributed by atoms with E-state index >= 15 is 0 Å². The molecule has 146 valence electrons. The van der Waals surface area contributed by atoms with E-state index in [1.54, 1.807) is 32.0 Å². The number of ether oxygens (including phenoxy) is 1. The van der Waals surface area contributed by atoms with Crippen molar-refractivity contribution in [3.05, 3.63) is 29.8 Å². The third-order valence-corrected chi connectivity index (χ3v) is 4.70. The number of nitrogens with zero attached hydrogens (tertiary/aromatic N) is 1. The number of carbonyl (C=O) groups is 4. The summed E-state index contributed by atoms with van der Waals surface area (Å²) in [5.74, 6) is -1.78. The lowest BCUT2D eigenvalue weighted by Crippen LogP contribution is -2.46. The third kappa shape index (κ3) is 4.45. The number of carbonyl (C=O) groups excluding carboxylic acids is 4. The summed E-state index contributed by atoms with van der Waals surface area (Å²) in [6.07, 6.45) is -0.218. The van der Waals surface area contributed by atoms with Crippen LogP contribution in [0.5, 0.6) is 0 Å². The molecule has 2 N–H and O–H groups in total. The monoisotopic (exact) mass is 375 g/mol. The van der Waals surface area contributed by atoms with E-state index in [0.29, 0.717) is 18.5 Å². The molecule has 27 heavy (non-hydrogen) atoms. The standard InChI is InChI=1S/C19H25N3O5/c1-5-19(6-2)17(25)22(18(26)21-19)11-15(23)27-13(4)16(24)20-14-9-7-8-12(3)10-14/h7-10,13H,5-6,11H2,1-4H3,(H,20,24)(H,21,26)/t13-/m0/s1. The lowest BCUT2D eigenvalue weighted by Gasteiger charge is -2.23. The van der Waals surface area contributed by atoms with Gasteiger partial charge in [0, 0.05) is 5.69 Å². The lowest BCUT2D eigenvalue weighted by molar-refractivity contribution is -0.155. The van der Waals surface area contributed by atoms with E-state index in [9.17, 15) is 19.2 Å². The minimum atomic E-state index is -1.07. The summed E-state index contributed by atoms with van der Waals surface area (Å²) in [5.41, 5.74) is 0.588. The van der Waals surface area contributed by atoms with E-state index in [0.717, 1.165) is 10.5 Å². The van der Waals surface area contributed by atoms with Gasteiger partial charge in [-0.2, -0.15) is 0 Å². The molecule has 1 aliphatic heterocycles. The molecule has 4 amide bonds. The van der Waals surface area contributed by atoms with E-state index in [-0.39, 0.29) is 0 Å². The molecule has 1 saturated heterocycles. The van der Waals surface area contributed by atoms with Crippen LogP contribution in [-0.4, -0.2) is 46.9 Å². The number of hydrogen-bond acceptors (Lipinski definition) is 5. The molecule has 8 nitrogen and oxygen atoms in total. The van der Waals surface area contributed by atoms with Gasteiger partial charge in [0.1, 0.15) is 12.1 Å². The fourth-order valence-corrected chi connectivity index (χ4v) is 2.93. The average Bonchev–Trinajstić information content (AvgIpc) is 2.86. The number of urea groups is 1. The molecule has 1 aromatic carbocycles. The number of nitrogens with one attached hydrogen (secondary N) is 2. The highest BCUT2D eigenvalue weighted by molar-refractivity contribution is 6.08. The van der Waals surface area contributed by atoms with Gasteiger partial charge >= 0.3 is 12.0 Å². The first-order valence-corrected chi connectivity index (χ1v) is 8.93. The molecule has 1 heterocycles. The smallest absolute Gasteiger partial charge is 0.327 e. The number of esters is 1. The van der Waals surface area contributed by atoms with Gasteiger partial charge in [0.2, 0.25) is 0 Å². The van der Waals surface area contributed by atoms with Gasteiger partial charge in [0.05, 0.1) is 0 Å². The number of amides is 4. The van der Waals surface area contributed by atoms with Gasteiger partial charge < -0.3 is 15.4 Å². The third-order valence-electron chi connectivity index (χ3n) is 4.70. The summed E-state index contributed by atoms with van der Waals surface area (Å²) < 4.78 is 5.08. The van der Waals surface area contributed by atoms with Gasteiger partial charge in [0.25, 0.3) is 11.8 Å². The summed E-state index contributed by atoms with van der Waals surface area (Å²) in [6.45, 7) is 6.37. The van der Waals surface area contributed by atoms with Crippen LogP contribution in [0.25, 0.3) is 0 Å². The summed E-state index contributed by atoms with van der Waals surface area (Å²) in [4.78, 5) is 49.7. The maximum atomic E-state index is 12.5. The fraction of sp³-hybridized carbons (Fsp3) is 0.474. The number of anilines is 1. The van der Waals surface area contributed by atoms with Crippen LogP contribution >= 0.6 is 0 Å². The molecule has 1 atom stereocenters. The van der Waals surface area contributed by atoms with Crippen molar-refractivity contribution < 1.29 is 23.9 Å². The van der Waals surface area contributed by atoms with Crippen molar-refractivity contribution in [2.75, 3.05) is 11.9 Å². The molecule has 1 aliphatic rings. The van der Waals surface area contributed by atoms with Crippen LogP contribution < -0.4 is 10.6 Å². The number of hydrogen-bond donors (Lipinski definition) is 2.